The molecule has 2 unspecified atom stereocenters. The maximum atomic E-state index is 12.7. The van der Waals surface area contributed by atoms with E-state index in [1.54, 1.807) is 0 Å². The summed E-state index contributed by atoms with van der Waals surface area (Å²) in [5, 5.41) is 39.9. The lowest BCUT2D eigenvalue weighted by Crippen LogP contribution is -2.59. The van der Waals surface area contributed by atoms with E-state index < -0.39 is 55.4 Å². The molecule has 0 aliphatic carbocycles. The quantitative estimate of drug-likeness (QED) is 0.0285. The lowest BCUT2D eigenvalue weighted by molar-refractivity contribution is -0.305. The summed E-state index contributed by atoms with van der Waals surface area (Å²) in [5.41, 5.74) is 0. The highest BCUT2D eigenvalue weighted by Crippen LogP contribution is 2.22. The molecule has 0 radical (unpaired) electrons. The molecule has 6 atom stereocenters. The molecule has 1 fully saturated rings. The van der Waals surface area contributed by atoms with E-state index in [4.69, 9.17) is 18.9 Å². The van der Waals surface area contributed by atoms with Crippen molar-refractivity contribution >= 4 is 11.9 Å². The Labute approximate surface area is 327 Å². The number of esters is 2. The van der Waals surface area contributed by atoms with Gasteiger partial charge in [0, 0.05) is 12.8 Å². The molecule has 312 valence electrons. The summed E-state index contributed by atoms with van der Waals surface area (Å²) in [6.07, 6.45) is 32.9. The van der Waals surface area contributed by atoms with Gasteiger partial charge in [0.1, 0.15) is 31.0 Å². The summed E-state index contributed by atoms with van der Waals surface area (Å²) in [6.45, 7) is 3.31. The zero-order valence-corrected chi connectivity index (χ0v) is 33.7. The van der Waals surface area contributed by atoms with Crippen molar-refractivity contribution in [3.8, 4) is 0 Å². The molecule has 0 aromatic carbocycles. The lowest BCUT2D eigenvalue weighted by atomic mass is 9.99. The van der Waals surface area contributed by atoms with Gasteiger partial charge < -0.3 is 39.4 Å². The first kappa shape index (κ1) is 49.7. The standard InChI is InChI=1S/C44H76O10/c1-3-5-7-9-11-13-14-15-16-17-18-19-20-21-22-23-24-25-27-29-31-33-40(47)53-37(35-51-39(46)32-30-28-26-12-10-8-6-4-2)36-52-44-43(50)42(49)41(48)38(34-45)54-44/h16-17,19-20,22-23,25,27,37-38,41-45,48-50H,3-15,18,21,24,26,28-36H2,1-2H3/b17-16+,20-19+,23-22+,27-25+/t37-,38-,41+,42?,43?,44-/m1/s1. The van der Waals surface area contributed by atoms with Crippen LogP contribution in [-0.2, 0) is 28.5 Å². The van der Waals surface area contributed by atoms with Crippen LogP contribution in [0.1, 0.15) is 162 Å². The Morgan fingerprint density at radius 1 is 0.574 bits per heavy atom. The van der Waals surface area contributed by atoms with Crippen molar-refractivity contribution in [3.05, 3.63) is 48.6 Å². The predicted molar refractivity (Wildman–Crippen MR) is 215 cm³/mol. The van der Waals surface area contributed by atoms with Crippen LogP contribution < -0.4 is 0 Å². The Kier molecular flexibility index (Phi) is 32.3. The number of aliphatic hydroxyl groups is 4. The fourth-order valence-corrected chi connectivity index (χ4v) is 6.06. The summed E-state index contributed by atoms with van der Waals surface area (Å²) in [4.78, 5) is 25.1. The van der Waals surface area contributed by atoms with Gasteiger partial charge in [-0.3, -0.25) is 9.59 Å². The molecule has 10 nitrogen and oxygen atoms in total. The minimum atomic E-state index is -1.60. The molecule has 0 aromatic rings. The van der Waals surface area contributed by atoms with E-state index in [1.807, 2.05) is 6.08 Å². The van der Waals surface area contributed by atoms with Crippen molar-refractivity contribution in [2.75, 3.05) is 19.8 Å². The zero-order valence-electron chi connectivity index (χ0n) is 33.7. The van der Waals surface area contributed by atoms with Crippen molar-refractivity contribution in [2.45, 2.75) is 198 Å². The van der Waals surface area contributed by atoms with Crippen LogP contribution in [0.25, 0.3) is 0 Å². The molecule has 10 heteroatoms. The normalized spacial score (nSPS) is 21.2. The molecule has 0 spiro atoms. The van der Waals surface area contributed by atoms with Crippen LogP contribution in [-0.4, -0.2) is 89.0 Å². The maximum absolute atomic E-state index is 12.7. The molecular formula is C44H76O10. The highest BCUT2D eigenvalue weighted by atomic mass is 16.7. The van der Waals surface area contributed by atoms with Gasteiger partial charge in [0.2, 0.25) is 0 Å². The van der Waals surface area contributed by atoms with Gasteiger partial charge in [-0.05, 0) is 51.4 Å². The van der Waals surface area contributed by atoms with Crippen LogP contribution in [0.4, 0.5) is 0 Å². The summed E-state index contributed by atoms with van der Waals surface area (Å²) < 4.78 is 22.0. The average molecular weight is 765 g/mol. The van der Waals surface area contributed by atoms with Crippen LogP contribution in [0.15, 0.2) is 48.6 Å². The highest BCUT2D eigenvalue weighted by molar-refractivity contribution is 5.70. The van der Waals surface area contributed by atoms with Crippen molar-refractivity contribution < 1.29 is 49.0 Å². The van der Waals surface area contributed by atoms with Crippen molar-refractivity contribution in [2.24, 2.45) is 0 Å². The Hall–Kier alpha value is -2.34. The number of unbranched alkanes of at least 4 members (excludes halogenated alkanes) is 15. The third-order valence-electron chi connectivity index (χ3n) is 9.47. The first-order valence-electron chi connectivity index (χ1n) is 21.2. The first-order valence-corrected chi connectivity index (χ1v) is 21.2. The minimum Gasteiger partial charge on any atom is -0.462 e. The summed E-state index contributed by atoms with van der Waals surface area (Å²) in [7, 11) is 0. The average Bonchev–Trinajstić information content (AvgIpc) is 3.17. The zero-order chi connectivity index (χ0) is 39.5. The van der Waals surface area contributed by atoms with Gasteiger partial charge >= 0.3 is 11.9 Å². The van der Waals surface area contributed by atoms with Gasteiger partial charge in [-0.2, -0.15) is 0 Å². The minimum absolute atomic E-state index is 0.154. The largest absolute Gasteiger partial charge is 0.462 e. The number of allylic oxidation sites excluding steroid dienone is 8. The predicted octanol–water partition coefficient (Wildman–Crippen LogP) is 8.49. The van der Waals surface area contributed by atoms with E-state index in [2.05, 4.69) is 56.4 Å². The molecule has 54 heavy (non-hydrogen) atoms. The van der Waals surface area contributed by atoms with Gasteiger partial charge in [-0.15, -0.1) is 0 Å². The SMILES string of the molecule is CCCCCCCCC/C=C/C/C=C/C/C=C/C/C=C/CCCC(=O)O[C@H](COC(=O)CCCCCCCCCC)CO[C@@H]1O[C@H](CO)[C@H](O)C(O)C1O. The number of rotatable bonds is 34. The van der Waals surface area contributed by atoms with Crippen LogP contribution in [0.5, 0.6) is 0 Å². The molecule has 0 aromatic heterocycles. The molecular weight excluding hydrogens is 688 g/mol. The molecule has 1 aliphatic heterocycles. The van der Waals surface area contributed by atoms with Gasteiger partial charge in [-0.1, -0.05) is 146 Å². The number of ether oxygens (including phenoxy) is 4. The Balaban J connectivity index is 2.37. The topological polar surface area (TPSA) is 152 Å². The van der Waals surface area contributed by atoms with E-state index in [-0.39, 0.29) is 26.1 Å². The van der Waals surface area contributed by atoms with E-state index in [0.29, 0.717) is 12.8 Å². The van der Waals surface area contributed by atoms with Crippen LogP contribution in [0.3, 0.4) is 0 Å². The van der Waals surface area contributed by atoms with Crippen molar-refractivity contribution in [3.63, 3.8) is 0 Å². The highest BCUT2D eigenvalue weighted by Gasteiger charge is 2.44. The van der Waals surface area contributed by atoms with Crippen LogP contribution in [0, 0.1) is 0 Å². The fraction of sp³-hybridized carbons (Fsp3) is 0.773. The van der Waals surface area contributed by atoms with E-state index >= 15 is 0 Å². The van der Waals surface area contributed by atoms with Gasteiger partial charge in [0.05, 0.1) is 13.2 Å². The summed E-state index contributed by atoms with van der Waals surface area (Å²) in [6, 6.07) is 0. The number of carbonyl (C=O) groups is 2. The van der Waals surface area contributed by atoms with Crippen LogP contribution >= 0.6 is 0 Å². The fourth-order valence-electron chi connectivity index (χ4n) is 6.06. The molecule has 4 N–H and O–H groups in total. The molecule has 0 bridgehead atoms. The first-order chi connectivity index (χ1) is 26.3. The van der Waals surface area contributed by atoms with Crippen molar-refractivity contribution in [1.82, 2.24) is 0 Å². The second kappa shape index (κ2) is 35.1. The molecule has 1 aliphatic rings. The summed E-state index contributed by atoms with van der Waals surface area (Å²) in [5.74, 6) is -0.879. The maximum Gasteiger partial charge on any atom is 0.306 e. The smallest absolute Gasteiger partial charge is 0.306 e. The Morgan fingerprint density at radius 3 is 1.61 bits per heavy atom. The molecule has 0 amide bonds. The molecule has 1 heterocycles. The lowest BCUT2D eigenvalue weighted by Gasteiger charge is -2.39. The van der Waals surface area contributed by atoms with E-state index in [9.17, 15) is 30.0 Å². The second-order valence-corrected chi connectivity index (χ2v) is 14.4. The van der Waals surface area contributed by atoms with Crippen molar-refractivity contribution in [1.29, 1.82) is 0 Å². The monoisotopic (exact) mass is 765 g/mol. The van der Waals surface area contributed by atoms with Gasteiger partial charge in [0.15, 0.2) is 12.4 Å². The Morgan fingerprint density at radius 2 is 1.06 bits per heavy atom. The summed E-state index contributed by atoms with van der Waals surface area (Å²) >= 11 is 0. The third kappa shape index (κ3) is 26.5. The Bertz CT molecular complexity index is 1020. The van der Waals surface area contributed by atoms with Gasteiger partial charge in [0.25, 0.3) is 0 Å². The molecule has 1 saturated heterocycles. The van der Waals surface area contributed by atoms with E-state index in [0.717, 1.165) is 44.9 Å². The van der Waals surface area contributed by atoms with Crippen LogP contribution in [0.2, 0.25) is 0 Å². The molecule has 0 saturated carbocycles. The third-order valence-corrected chi connectivity index (χ3v) is 9.47. The van der Waals surface area contributed by atoms with E-state index in [1.165, 1.54) is 77.0 Å². The molecule has 1 rings (SSSR count). The van der Waals surface area contributed by atoms with Gasteiger partial charge in [-0.25, -0.2) is 0 Å². The number of carbonyl (C=O) groups excluding carboxylic acids is 2. The number of aliphatic hydroxyl groups excluding tert-OH is 4. The number of hydrogen-bond donors (Lipinski definition) is 4. The number of hydrogen-bond acceptors (Lipinski definition) is 10. The second-order valence-electron chi connectivity index (χ2n) is 14.4.